The maximum absolute atomic E-state index is 12.4. The first-order valence-corrected chi connectivity index (χ1v) is 9.96. The summed E-state index contributed by atoms with van der Waals surface area (Å²) in [6, 6.07) is 11.9. The molecule has 0 aliphatic carbocycles. The molecule has 0 atom stereocenters. The Hall–Kier alpha value is -3.06. The van der Waals surface area contributed by atoms with E-state index in [0.717, 1.165) is 37.1 Å². The van der Waals surface area contributed by atoms with Crippen molar-refractivity contribution in [2.24, 2.45) is 5.92 Å². The molecule has 1 amide bonds. The Balaban J connectivity index is 1.25. The molecule has 0 spiro atoms. The van der Waals surface area contributed by atoms with Crippen LogP contribution in [0.15, 0.2) is 53.3 Å². The van der Waals surface area contributed by atoms with Gasteiger partial charge in [0.2, 0.25) is 17.6 Å². The zero-order valence-electron chi connectivity index (χ0n) is 16.5. The number of nitrogens with zero attached hydrogens (tertiary/aromatic N) is 4. The summed E-state index contributed by atoms with van der Waals surface area (Å²) < 4.78 is 5.43. The molecule has 0 unspecified atom stereocenters. The summed E-state index contributed by atoms with van der Waals surface area (Å²) in [6.45, 7) is 4.87. The molecule has 1 aliphatic heterocycles. The van der Waals surface area contributed by atoms with Crippen LogP contribution < -0.4 is 5.32 Å². The average Bonchev–Trinajstić information content (AvgIpc) is 3.22. The van der Waals surface area contributed by atoms with Crippen molar-refractivity contribution in [3.8, 4) is 11.4 Å². The Morgan fingerprint density at radius 1 is 1.21 bits per heavy atom. The van der Waals surface area contributed by atoms with Gasteiger partial charge in [0.1, 0.15) is 0 Å². The van der Waals surface area contributed by atoms with Gasteiger partial charge in [0.25, 0.3) is 0 Å². The van der Waals surface area contributed by atoms with Crippen molar-refractivity contribution in [1.29, 1.82) is 0 Å². The van der Waals surface area contributed by atoms with E-state index < -0.39 is 0 Å². The number of carbonyl (C=O) groups is 1. The first-order valence-electron chi connectivity index (χ1n) is 9.96. The highest BCUT2D eigenvalue weighted by Gasteiger charge is 2.25. The van der Waals surface area contributed by atoms with Gasteiger partial charge in [-0.25, -0.2) is 0 Å². The van der Waals surface area contributed by atoms with Crippen LogP contribution >= 0.6 is 0 Å². The van der Waals surface area contributed by atoms with E-state index in [1.165, 1.54) is 5.56 Å². The molecule has 1 aliphatic rings. The molecular formula is C22H25N5O2. The molecule has 2 aromatic heterocycles. The van der Waals surface area contributed by atoms with Crippen LogP contribution in [0.1, 0.15) is 29.9 Å². The zero-order valence-corrected chi connectivity index (χ0v) is 16.5. The molecule has 0 bridgehead atoms. The molecule has 0 saturated carbocycles. The van der Waals surface area contributed by atoms with Gasteiger partial charge in [-0.15, -0.1) is 0 Å². The lowest BCUT2D eigenvalue weighted by molar-refractivity contribution is -0.126. The van der Waals surface area contributed by atoms with E-state index in [0.29, 0.717) is 24.8 Å². The van der Waals surface area contributed by atoms with Gasteiger partial charge in [-0.3, -0.25) is 14.7 Å². The maximum atomic E-state index is 12.4. The second-order valence-electron chi connectivity index (χ2n) is 7.51. The highest BCUT2D eigenvalue weighted by atomic mass is 16.5. The van der Waals surface area contributed by atoms with E-state index in [4.69, 9.17) is 4.52 Å². The van der Waals surface area contributed by atoms with Gasteiger partial charge in [-0.1, -0.05) is 41.1 Å². The maximum Gasteiger partial charge on any atom is 0.241 e. The minimum Gasteiger partial charge on any atom is -0.352 e. The first-order chi connectivity index (χ1) is 14.2. The van der Waals surface area contributed by atoms with E-state index >= 15 is 0 Å². The molecular weight excluding hydrogens is 366 g/mol. The molecule has 29 heavy (non-hydrogen) atoms. The zero-order chi connectivity index (χ0) is 20.1. The third-order valence-corrected chi connectivity index (χ3v) is 5.28. The summed E-state index contributed by atoms with van der Waals surface area (Å²) in [5.41, 5.74) is 3.17. The second-order valence-corrected chi connectivity index (χ2v) is 7.51. The Bertz CT molecular complexity index is 931. The van der Waals surface area contributed by atoms with Crippen molar-refractivity contribution in [3.63, 3.8) is 0 Å². The molecule has 1 N–H and O–H groups in total. The fourth-order valence-corrected chi connectivity index (χ4v) is 3.52. The summed E-state index contributed by atoms with van der Waals surface area (Å²) in [4.78, 5) is 23.3. The van der Waals surface area contributed by atoms with Gasteiger partial charge in [0.15, 0.2) is 0 Å². The van der Waals surface area contributed by atoms with E-state index in [9.17, 15) is 4.79 Å². The molecule has 7 nitrogen and oxygen atoms in total. The van der Waals surface area contributed by atoms with Gasteiger partial charge >= 0.3 is 0 Å². The lowest BCUT2D eigenvalue weighted by Gasteiger charge is -2.30. The molecule has 3 aromatic rings. The smallest absolute Gasteiger partial charge is 0.241 e. The predicted octanol–water partition coefficient (Wildman–Crippen LogP) is 2.97. The third kappa shape index (κ3) is 5.06. The van der Waals surface area contributed by atoms with Gasteiger partial charge < -0.3 is 9.84 Å². The Morgan fingerprint density at radius 2 is 2.00 bits per heavy atom. The number of rotatable bonds is 6. The van der Waals surface area contributed by atoms with E-state index in [1.807, 2.05) is 43.3 Å². The summed E-state index contributed by atoms with van der Waals surface area (Å²) in [7, 11) is 0. The van der Waals surface area contributed by atoms with E-state index in [1.54, 1.807) is 12.4 Å². The van der Waals surface area contributed by atoms with Crippen molar-refractivity contribution in [3.05, 3.63) is 65.8 Å². The molecule has 150 valence electrons. The van der Waals surface area contributed by atoms with Crippen LogP contribution in [-0.4, -0.2) is 39.0 Å². The second kappa shape index (κ2) is 8.96. The number of carbonyl (C=O) groups excluding carboxylic acids is 1. The Morgan fingerprint density at radius 3 is 2.72 bits per heavy atom. The van der Waals surface area contributed by atoms with Gasteiger partial charge in [-0.05, 0) is 44.5 Å². The molecule has 1 fully saturated rings. The number of benzene rings is 1. The number of piperidine rings is 1. The lowest BCUT2D eigenvalue weighted by atomic mass is 9.96. The predicted molar refractivity (Wildman–Crippen MR) is 109 cm³/mol. The van der Waals surface area contributed by atoms with Crippen LogP contribution in [0.3, 0.4) is 0 Å². The van der Waals surface area contributed by atoms with Crippen LogP contribution in [0.2, 0.25) is 0 Å². The van der Waals surface area contributed by atoms with Crippen molar-refractivity contribution >= 4 is 5.91 Å². The van der Waals surface area contributed by atoms with Crippen LogP contribution in [0.4, 0.5) is 0 Å². The average molecular weight is 391 g/mol. The third-order valence-electron chi connectivity index (χ3n) is 5.28. The van der Waals surface area contributed by atoms with Crippen molar-refractivity contribution in [2.75, 3.05) is 13.1 Å². The van der Waals surface area contributed by atoms with Crippen molar-refractivity contribution in [2.45, 2.75) is 32.9 Å². The van der Waals surface area contributed by atoms with Crippen LogP contribution in [0.25, 0.3) is 11.4 Å². The number of nitrogens with one attached hydrogen (secondary N) is 1. The topological polar surface area (TPSA) is 84.2 Å². The Labute approximate surface area is 170 Å². The number of likely N-dealkylation sites (tertiary alicyclic amines) is 1. The summed E-state index contributed by atoms with van der Waals surface area (Å²) in [5.74, 6) is 1.39. The molecule has 1 aromatic carbocycles. The number of aryl methyl sites for hydroxylation is 1. The fraction of sp³-hybridized carbons (Fsp3) is 0.364. The molecule has 7 heteroatoms. The monoisotopic (exact) mass is 391 g/mol. The number of aromatic nitrogens is 3. The Kier molecular flexibility index (Phi) is 5.95. The molecule has 4 rings (SSSR count). The minimum absolute atomic E-state index is 0.0497. The number of hydrogen-bond acceptors (Lipinski definition) is 6. The quantitative estimate of drug-likeness (QED) is 0.695. The van der Waals surface area contributed by atoms with Gasteiger partial charge in [0.05, 0.1) is 6.54 Å². The number of hydrogen-bond donors (Lipinski definition) is 1. The van der Waals surface area contributed by atoms with Gasteiger partial charge in [0, 0.05) is 30.4 Å². The number of pyridine rings is 1. The summed E-state index contributed by atoms with van der Waals surface area (Å²) in [5, 5.41) is 7.12. The molecule has 1 saturated heterocycles. The largest absolute Gasteiger partial charge is 0.352 e. The minimum atomic E-state index is 0.0497. The summed E-state index contributed by atoms with van der Waals surface area (Å²) >= 11 is 0. The standard InChI is InChI=1S/C22H25N5O2/c1-16-4-6-18(7-5-16)21-25-20(29-26-21)15-27-11-8-19(9-12-27)22(28)24-14-17-3-2-10-23-13-17/h2-7,10,13,19H,8-9,11-12,14-15H2,1H3,(H,24,28). The number of amides is 1. The van der Waals surface area contributed by atoms with Crippen LogP contribution in [0, 0.1) is 12.8 Å². The fourth-order valence-electron chi connectivity index (χ4n) is 3.52. The highest BCUT2D eigenvalue weighted by molar-refractivity contribution is 5.78. The SMILES string of the molecule is Cc1ccc(-c2noc(CN3CCC(C(=O)NCc4cccnc4)CC3)n2)cc1. The van der Waals surface area contributed by atoms with E-state index in [2.05, 4.69) is 25.3 Å². The normalized spacial score (nSPS) is 15.3. The molecule has 3 heterocycles. The summed E-state index contributed by atoms with van der Waals surface area (Å²) in [6.07, 6.45) is 5.17. The van der Waals surface area contributed by atoms with E-state index in [-0.39, 0.29) is 11.8 Å². The lowest BCUT2D eigenvalue weighted by Crippen LogP contribution is -2.40. The van der Waals surface area contributed by atoms with Crippen molar-refractivity contribution < 1.29 is 9.32 Å². The van der Waals surface area contributed by atoms with Gasteiger partial charge in [-0.2, -0.15) is 4.98 Å². The van der Waals surface area contributed by atoms with Crippen LogP contribution in [-0.2, 0) is 17.9 Å². The highest BCUT2D eigenvalue weighted by Crippen LogP contribution is 2.21. The molecule has 0 radical (unpaired) electrons. The van der Waals surface area contributed by atoms with Crippen molar-refractivity contribution in [1.82, 2.24) is 25.3 Å². The first kappa shape index (κ1) is 19.3. The van der Waals surface area contributed by atoms with Crippen LogP contribution in [0.5, 0.6) is 0 Å².